The molecule has 1 saturated carbocycles. The van der Waals surface area contributed by atoms with Crippen LogP contribution in [0.4, 0.5) is 5.82 Å². The fourth-order valence-electron chi connectivity index (χ4n) is 4.08. The number of pyridine rings is 1. The molecule has 1 aliphatic carbocycles. The van der Waals surface area contributed by atoms with Crippen molar-refractivity contribution in [1.29, 1.82) is 5.26 Å². The minimum Gasteiger partial charge on any atom is -0.467 e. The van der Waals surface area contributed by atoms with Crippen molar-refractivity contribution in [3.63, 3.8) is 0 Å². The molecule has 0 spiro atoms. The lowest BCUT2D eigenvalue weighted by Crippen LogP contribution is -2.58. The normalized spacial score (nSPS) is 19.8. The van der Waals surface area contributed by atoms with E-state index >= 15 is 0 Å². The topological polar surface area (TPSA) is 95.3 Å². The van der Waals surface area contributed by atoms with Crippen LogP contribution < -0.4 is 10.2 Å². The first-order chi connectivity index (χ1) is 13.1. The minimum absolute atomic E-state index is 0.0465. The smallest absolute Gasteiger partial charge is 0.331 e. The van der Waals surface area contributed by atoms with Crippen LogP contribution in [-0.2, 0) is 14.3 Å². The number of carbonyl (C=O) groups is 2. The van der Waals surface area contributed by atoms with Gasteiger partial charge in [0.2, 0.25) is 5.91 Å². The Morgan fingerprint density at radius 2 is 1.96 bits per heavy atom. The van der Waals surface area contributed by atoms with E-state index < -0.39 is 5.54 Å². The zero-order valence-electron chi connectivity index (χ0n) is 15.7. The second-order valence-electron chi connectivity index (χ2n) is 7.40. The van der Waals surface area contributed by atoms with E-state index in [0.29, 0.717) is 31.2 Å². The molecular formula is C20H26N4O3. The van der Waals surface area contributed by atoms with E-state index in [1.807, 2.05) is 6.07 Å². The lowest BCUT2D eigenvalue weighted by atomic mass is 9.81. The van der Waals surface area contributed by atoms with Gasteiger partial charge >= 0.3 is 5.97 Å². The fraction of sp³-hybridized carbons (Fsp3) is 0.600. The number of esters is 1. The number of rotatable bonds is 4. The van der Waals surface area contributed by atoms with Gasteiger partial charge in [0, 0.05) is 25.2 Å². The molecule has 144 valence electrons. The second-order valence-corrected chi connectivity index (χ2v) is 7.40. The maximum absolute atomic E-state index is 12.8. The maximum atomic E-state index is 12.8. The predicted molar refractivity (Wildman–Crippen MR) is 99.9 cm³/mol. The van der Waals surface area contributed by atoms with Crippen LogP contribution in [0.15, 0.2) is 18.3 Å². The molecule has 1 aromatic rings. The number of anilines is 1. The van der Waals surface area contributed by atoms with Crippen LogP contribution in [0.25, 0.3) is 0 Å². The van der Waals surface area contributed by atoms with Crippen molar-refractivity contribution in [3.8, 4) is 6.07 Å². The van der Waals surface area contributed by atoms with Gasteiger partial charge in [-0.05, 0) is 37.8 Å². The molecule has 1 N–H and O–H groups in total. The Balaban J connectivity index is 1.59. The van der Waals surface area contributed by atoms with Gasteiger partial charge in [-0.1, -0.05) is 19.3 Å². The van der Waals surface area contributed by atoms with Gasteiger partial charge in [-0.25, -0.2) is 9.78 Å². The van der Waals surface area contributed by atoms with Crippen LogP contribution >= 0.6 is 0 Å². The molecule has 2 aliphatic rings. The van der Waals surface area contributed by atoms with Gasteiger partial charge in [0.15, 0.2) is 0 Å². The number of hydrogen-bond acceptors (Lipinski definition) is 6. The van der Waals surface area contributed by atoms with E-state index in [1.165, 1.54) is 7.11 Å². The van der Waals surface area contributed by atoms with Crippen molar-refractivity contribution in [2.24, 2.45) is 5.92 Å². The third-order valence-electron chi connectivity index (χ3n) is 5.71. The Hall–Kier alpha value is -2.62. The first-order valence-electron chi connectivity index (χ1n) is 9.59. The average Bonchev–Trinajstić information content (AvgIpc) is 2.74. The Labute approximate surface area is 159 Å². The second kappa shape index (κ2) is 8.38. The van der Waals surface area contributed by atoms with Crippen LogP contribution in [0.1, 0.15) is 50.5 Å². The molecule has 2 heterocycles. The Kier molecular flexibility index (Phi) is 5.94. The summed E-state index contributed by atoms with van der Waals surface area (Å²) >= 11 is 0. The summed E-state index contributed by atoms with van der Waals surface area (Å²) in [7, 11) is 1.38. The third kappa shape index (κ3) is 4.21. The molecular weight excluding hydrogens is 344 g/mol. The summed E-state index contributed by atoms with van der Waals surface area (Å²) in [5.41, 5.74) is -0.316. The third-order valence-corrected chi connectivity index (χ3v) is 5.71. The Bertz CT molecular complexity index is 712. The molecule has 3 rings (SSSR count). The summed E-state index contributed by atoms with van der Waals surface area (Å²) < 4.78 is 4.98. The molecule has 0 atom stereocenters. The first-order valence-corrected chi connectivity index (χ1v) is 9.59. The number of nitrogens with zero attached hydrogens (tertiary/aromatic N) is 3. The molecule has 27 heavy (non-hydrogen) atoms. The molecule has 1 amide bonds. The largest absolute Gasteiger partial charge is 0.467 e. The van der Waals surface area contributed by atoms with Crippen molar-refractivity contribution >= 4 is 17.7 Å². The van der Waals surface area contributed by atoms with E-state index in [4.69, 9.17) is 10.00 Å². The van der Waals surface area contributed by atoms with E-state index in [0.717, 1.165) is 38.2 Å². The van der Waals surface area contributed by atoms with Crippen molar-refractivity contribution in [2.45, 2.75) is 50.5 Å². The molecule has 0 bridgehead atoms. The minimum atomic E-state index is -0.851. The summed E-state index contributed by atoms with van der Waals surface area (Å²) in [5.74, 6) is 0.346. The number of methoxy groups -OCH3 is 1. The SMILES string of the molecule is COC(=O)C1(NC(=O)C2CCN(c3ccc(C#N)cn3)CC2)CCCCC1. The standard InChI is InChI=1S/C20H26N4O3/c1-27-19(26)20(9-3-2-4-10-20)23-18(25)16-7-11-24(12-8-16)17-6-5-15(13-21)14-22-17/h5-6,14,16H,2-4,7-12H2,1H3,(H,23,25). The average molecular weight is 370 g/mol. The van der Waals surface area contributed by atoms with Crippen molar-refractivity contribution < 1.29 is 14.3 Å². The molecule has 1 aromatic heterocycles. The molecule has 1 aliphatic heterocycles. The van der Waals surface area contributed by atoms with E-state index in [9.17, 15) is 9.59 Å². The van der Waals surface area contributed by atoms with Crippen LogP contribution in [-0.4, -0.2) is 42.6 Å². The fourth-order valence-corrected chi connectivity index (χ4v) is 4.08. The molecule has 0 aromatic carbocycles. The predicted octanol–water partition coefficient (Wildman–Crippen LogP) is 2.16. The van der Waals surface area contributed by atoms with Crippen molar-refractivity contribution in [3.05, 3.63) is 23.9 Å². The summed E-state index contributed by atoms with van der Waals surface area (Å²) in [6.07, 6.45) is 7.24. The van der Waals surface area contributed by atoms with Crippen molar-refractivity contribution in [2.75, 3.05) is 25.1 Å². The van der Waals surface area contributed by atoms with Crippen molar-refractivity contribution in [1.82, 2.24) is 10.3 Å². The quantitative estimate of drug-likeness (QED) is 0.816. The summed E-state index contributed by atoms with van der Waals surface area (Å²) in [6, 6.07) is 5.66. The number of ether oxygens (including phenoxy) is 1. The molecule has 1 saturated heterocycles. The van der Waals surface area contributed by atoms with Crippen LogP contribution in [0.2, 0.25) is 0 Å². The lowest BCUT2D eigenvalue weighted by Gasteiger charge is -2.38. The van der Waals surface area contributed by atoms with Gasteiger partial charge in [0.25, 0.3) is 0 Å². The number of piperidine rings is 1. The maximum Gasteiger partial charge on any atom is 0.331 e. The van der Waals surface area contributed by atoms with Gasteiger partial charge < -0.3 is 15.0 Å². The number of carbonyl (C=O) groups excluding carboxylic acids is 2. The van der Waals surface area contributed by atoms with E-state index in [-0.39, 0.29) is 17.8 Å². The number of nitrogens with one attached hydrogen (secondary N) is 1. The highest BCUT2D eigenvalue weighted by atomic mass is 16.5. The monoisotopic (exact) mass is 370 g/mol. The van der Waals surface area contributed by atoms with Gasteiger partial charge in [-0.2, -0.15) is 5.26 Å². The Morgan fingerprint density at radius 1 is 1.26 bits per heavy atom. The zero-order chi connectivity index (χ0) is 19.3. The molecule has 2 fully saturated rings. The number of nitriles is 1. The van der Waals surface area contributed by atoms with Gasteiger partial charge in [0.05, 0.1) is 12.7 Å². The highest BCUT2D eigenvalue weighted by Crippen LogP contribution is 2.31. The molecule has 7 nitrogen and oxygen atoms in total. The lowest BCUT2D eigenvalue weighted by molar-refractivity contribution is -0.153. The van der Waals surface area contributed by atoms with Gasteiger partial charge in [-0.15, -0.1) is 0 Å². The number of amides is 1. The summed E-state index contributed by atoms with van der Waals surface area (Å²) in [6.45, 7) is 1.45. The summed E-state index contributed by atoms with van der Waals surface area (Å²) in [5, 5.41) is 11.9. The first kappa shape index (κ1) is 19.2. The molecule has 7 heteroatoms. The van der Waals surface area contributed by atoms with E-state index in [1.54, 1.807) is 12.3 Å². The number of aromatic nitrogens is 1. The van der Waals surface area contributed by atoms with Gasteiger partial charge in [-0.3, -0.25) is 4.79 Å². The Morgan fingerprint density at radius 3 is 2.52 bits per heavy atom. The zero-order valence-corrected chi connectivity index (χ0v) is 15.7. The molecule has 0 unspecified atom stereocenters. The highest BCUT2D eigenvalue weighted by Gasteiger charge is 2.43. The van der Waals surface area contributed by atoms with Gasteiger partial charge in [0.1, 0.15) is 17.4 Å². The summed E-state index contributed by atoms with van der Waals surface area (Å²) in [4.78, 5) is 31.6. The van der Waals surface area contributed by atoms with Crippen LogP contribution in [0, 0.1) is 17.2 Å². The van der Waals surface area contributed by atoms with Crippen LogP contribution in [0.3, 0.4) is 0 Å². The number of hydrogen-bond donors (Lipinski definition) is 1. The van der Waals surface area contributed by atoms with Crippen LogP contribution in [0.5, 0.6) is 0 Å². The van der Waals surface area contributed by atoms with E-state index in [2.05, 4.69) is 21.3 Å². The molecule has 0 radical (unpaired) electrons. The highest BCUT2D eigenvalue weighted by molar-refractivity contribution is 5.89.